The minimum absolute atomic E-state index is 0.151. The third-order valence-corrected chi connectivity index (χ3v) is 3.14. The number of hydrogen-bond acceptors (Lipinski definition) is 2. The first-order valence-corrected chi connectivity index (χ1v) is 6.57. The zero-order valence-electron chi connectivity index (χ0n) is 12.0. The van der Waals surface area contributed by atoms with Crippen LogP contribution in [0, 0.1) is 6.92 Å². The molecule has 0 aliphatic carbocycles. The maximum Gasteiger partial charge on any atom is 0.107 e. The molecule has 0 spiro atoms. The third kappa shape index (κ3) is 2.72. The SMILES string of the molecule is Cc1nc2ccccc2n1C(C)CNC(C)(C)C. The van der Waals surface area contributed by atoms with Crippen LogP contribution in [0.3, 0.4) is 0 Å². The standard InChI is InChI=1S/C15H23N3/c1-11(10-16-15(3,4)5)18-12(2)17-13-8-6-7-9-14(13)18/h6-9,11,16H,10H2,1-5H3. The van der Waals surface area contributed by atoms with Gasteiger partial charge in [-0.05, 0) is 46.8 Å². The van der Waals surface area contributed by atoms with Crippen molar-refractivity contribution in [3.63, 3.8) is 0 Å². The fourth-order valence-electron chi connectivity index (χ4n) is 2.27. The van der Waals surface area contributed by atoms with Gasteiger partial charge in [0.15, 0.2) is 0 Å². The lowest BCUT2D eigenvalue weighted by Crippen LogP contribution is -2.39. The van der Waals surface area contributed by atoms with Crippen molar-refractivity contribution < 1.29 is 0 Å². The van der Waals surface area contributed by atoms with Crippen molar-refractivity contribution in [1.82, 2.24) is 14.9 Å². The van der Waals surface area contributed by atoms with Gasteiger partial charge in [0.1, 0.15) is 5.82 Å². The first-order chi connectivity index (χ1) is 8.38. The average Bonchev–Trinajstić information content (AvgIpc) is 2.61. The fourth-order valence-corrected chi connectivity index (χ4v) is 2.27. The molecule has 0 saturated carbocycles. The summed E-state index contributed by atoms with van der Waals surface area (Å²) < 4.78 is 2.31. The third-order valence-electron chi connectivity index (χ3n) is 3.14. The normalized spacial score (nSPS) is 14.1. The van der Waals surface area contributed by atoms with Crippen molar-refractivity contribution >= 4 is 11.0 Å². The van der Waals surface area contributed by atoms with E-state index in [1.165, 1.54) is 5.52 Å². The van der Waals surface area contributed by atoms with Gasteiger partial charge in [-0.1, -0.05) is 12.1 Å². The number of imidazole rings is 1. The first kappa shape index (κ1) is 13.1. The molecule has 1 aromatic heterocycles. The minimum atomic E-state index is 0.151. The van der Waals surface area contributed by atoms with Crippen LogP contribution in [-0.2, 0) is 0 Å². The van der Waals surface area contributed by atoms with Crippen molar-refractivity contribution in [3.05, 3.63) is 30.1 Å². The lowest BCUT2D eigenvalue weighted by atomic mass is 10.1. The smallest absolute Gasteiger partial charge is 0.107 e. The van der Waals surface area contributed by atoms with E-state index in [-0.39, 0.29) is 5.54 Å². The molecule has 0 saturated heterocycles. The lowest BCUT2D eigenvalue weighted by molar-refractivity contribution is 0.380. The average molecular weight is 245 g/mol. The van der Waals surface area contributed by atoms with Crippen molar-refractivity contribution in [2.24, 2.45) is 0 Å². The second-order valence-corrected chi connectivity index (χ2v) is 6.00. The van der Waals surface area contributed by atoms with Gasteiger partial charge in [0.25, 0.3) is 0 Å². The maximum atomic E-state index is 4.61. The van der Waals surface area contributed by atoms with Crippen LogP contribution < -0.4 is 5.32 Å². The number of aromatic nitrogens is 2. The van der Waals surface area contributed by atoms with Gasteiger partial charge in [0.05, 0.1) is 11.0 Å². The van der Waals surface area contributed by atoms with Crippen molar-refractivity contribution in [2.75, 3.05) is 6.54 Å². The molecule has 98 valence electrons. The zero-order chi connectivity index (χ0) is 13.3. The molecule has 0 aliphatic heterocycles. The molecule has 1 unspecified atom stereocenters. The Hall–Kier alpha value is -1.35. The summed E-state index contributed by atoms with van der Waals surface area (Å²) in [6.45, 7) is 11.8. The van der Waals surface area contributed by atoms with E-state index in [1.54, 1.807) is 0 Å². The summed E-state index contributed by atoms with van der Waals surface area (Å²) in [6, 6.07) is 8.73. The van der Waals surface area contributed by atoms with E-state index in [1.807, 2.05) is 6.07 Å². The molecule has 1 aromatic carbocycles. The summed E-state index contributed by atoms with van der Waals surface area (Å²) >= 11 is 0. The molecule has 18 heavy (non-hydrogen) atoms. The number of fused-ring (bicyclic) bond motifs is 1. The molecular formula is C15H23N3. The molecular weight excluding hydrogens is 222 g/mol. The quantitative estimate of drug-likeness (QED) is 0.899. The van der Waals surface area contributed by atoms with Crippen LogP contribution in [0.25, 0.3) is 11.0 Å². The van der Waals surface area contributed by atoms with Gasteiger partial charge in [0, 0.05) is 18.1 Å². The Bertz CT molecular complexity index is 534. The molecule has 2 rings (SSSR count). The molecule has 1 N–H and O–H groups in total. The predicted octanol–water partition coefficient (Wildman–Crippen LogP) is 3.29. The topological polar surface area (TPSA) is 29.9 Å². The lowest BCUT2D eigenvalue weighted by Gasteiger charge is -2.25. The van der Waals surface area contributed by atoms with E-state index in [0.717, 1.165) is 17.9 Å². The van der Waals surface area contributed by atoms with Gasteiger partial charge in [-0.2, -0.15) is 0 Å². The second kappa shape index (κ2) is 4.73. The molecule has 0 aliphatic rings. The van der Waals surface area contributed by atoms with Crippen LogP contribution in [0.1, 0.15) is 39.6 Å². The van der Waals surface area contributed by atoms with Crippen LogP contribution in [0.15, 0.2) is 24.3 Å². The summed E-state index contributed by atoms with van der Waals surface area (Å²) in [7, 11) is 0. The maximum absolute atomic E-state index is 4.61. The number of nitrogens with zero attached hydrogens (tertiary/aromatic N) is 2. The Balaban J connectivity index is 2.27. The van der Waals surface area contributed by atoms with Crippen molar-refractivity contribution in [3.8, 4) is 0 Å². The second-order valence-electron chi connectivity index (χ2n) is 6.00. The monoisotopic (exact) mass is 245 g/mol. The van der Waals surface area contributed by atoms with Crippen LogP contribution in [0.5, 0.6) is 0 Å². The van der Waals surface area contributed by atoms with E-state index in [9.17, 15) is 0 Å². The van der Waals surface area contributed by atoms with E-state index >= 15 is 0 Å². The van der Waals surface area contributed by atoms with Gasteiger partial charge >= 0.3 is 0 Å². The van der Waals surface area contributed by atoms with Gasteiger partial charge < -0.3 is 9.88 Å². The summed E-state index contributed by atoms with van der Waals surface area (Å²) in [5.41, 5.74) is 2.45. The highest BCUT2D eigenvalue weighted by Crippen LogP contribution is 2.20. The van der Waals surface area contributed by atoms with E-state index in [4.69, 9.17) is 0 Å². The number of aryl methyl sites for hydroxylation is 1. The van der Waals surface area contributed by atoms with E-state index in [0.29, 0.717) is 6.04 Å². The zero-order valence-corrected chi connectivity index (χ0v) is 12.0. The van der Waals surface area contributed by atoms with E-state index < -0.39 is 0 Å². The number of rotatable bonds is 3. The number of para-hydroxylation sites is 2. The van der Waals surface area contributed by atoms with Crippen molar-refractivity contribution in [2.45, 2.75) is 46.2 Å². The highest BCUT2D eigenvalue weighted by Gasteiger charge is 2.15. The Morgan fingerprint density at radius 3 is 2.61 bits per heavy atom. The Kier molecular flexibility index (Phi) is 3.44. The number of hydrogen-bond donors (Lipinski definition) is 1. The summed E-state index contributed by atoms with van der Waals surface area (Å²) in [4.78, 5) is 4.61. The van der Waals surface area contributed by atoms with Crippen molar-refractivity contribution in [1.29, 1.82) is 0 Å². The molecule has 1 heterocycles. The molecule has 0 bridgehead atoms. The molecule has 0 amide bonds. The molecule has 3 nitrogen and oxygen atoms in total. The van der Waals surface area contributed by atoms with Crippen LogP contribution in [-0.4, -0.2) is 21.6 Å². The van der Waals surface area contributed by atoms with Crippen LogP contribution in [0.2, 0.25) is 0 Å². The Morgan fingerprint density at radius 1 is 1.28 bits per heavy atom. The van der Waals surface area contributed by atoms with Gasteiger partial charge in [0.2, 0.25) is 0 Å². The summed E-state index contributed by atoms with van der Waals surface area (Å²) in [5, 5.41) is 3.55. The highest BCUT2D eigenvalue weighted by molar-refractivity contribution is 5.76. The highest BCUT2D eigenvalue weighted by atomic mass is 15.1. The molecule has 0 fully saturated rings. The molecule has 2 aromatic rings. The molecule has 3 heteroatoms. The van der Waals surface area contributed by atoms with Gasteiger partial charge in [-0.25, -0.2) is 4.98 Å². The van der Waals surface area contributed by atoms with Gasteiger partial charge in [-0.3, -0.25) is 0 Å². The largest absolute Gasteiger partial charge is 0.324 e. The van der Waals surface area contributed by atoms with Crippen LogP contribution in [0.4, 0.5) is 0 Å². The number of nitrogens with one attached hydrogen (secondary N) is 1. The molecule has 0 radical (unpaired) electrons. The fraction of sp³-hybridized carbons (Fsp3) is 0.533. The molecule has 1 atom stereocenters. The van der Waals surface area contributed by atoms with Gasteiger partial charge in [-0.15, -0.1) is 0 Å². The summed E-state index contributed by atoms with van der Waals surface area (Å²) in [6.07, 6.45) is 0. The van der Waals surface area contributed by atoms with Crippen LogP contribution >= 0.6 is 0 Å². The first-order valence-electron chi connectivity index (χ1n) is 6.57. The Labute approximate surface area is 109 Å². The minimum Gasteiger partial charge on any atom is -0.324 e. The predicted molar refractivity (Wildman–Crippen MR) is 76.9 cm³/mol. The number of benzene rings is 1. The Morgan fingerprint density at radius 2 is 1.94 bits per heavy atom. The summed E-state index contributed by atoms with van der Waals surface area (Å²) in [5.74, 6) is 1.08. The van der Waals surface area contributed by atoms with E-state index in [2.05, 4.69) is 67.7 Å².